The quantitative estimate of drug-likeness (QED) is 0.589. The minimum absolute atomic E-state index is 0.273. The molecule has 0 saturated heterocycles. The predicted octanol–water partition coefficient (Wildman–Crippen LogP) is 2.24. The lowest BCUT2D eigenvalue weighted by Crippen LogP contribution is -2.28. The number of terminal acetylenes is 1. The van der Waals surface area contributed by atoms with Gasteiger partial charge in [-0.25, -0.2) is 4.79 Å². The molecule has 0 unspecified atom stereocenters. The molecule has 0 aliphatic carbocycles. The number of benzene rings is 1. The Morgan fingerprint density at radius 1 is 1.27 bits per heavy atom. The fourth-order valence-electron chi connectivity index (χ4n) is 2.32. The Labute approximate surface area is 151 Å². The first-order chi connectivity index (χ1) is 12.5. The molecule has 0 atom stereocenters. The van der Waals surface area contributed by atoms with E-state index in [0.717, 1.165) is 0 Å². The van der Waals surface area contributed by atoms with Crippen LogP contribution in [0.2, 0.25) is 0 Å². The van der Waals surface area contributed by atoms with Crippen LogP contribution in [0.3, 0.4) is 0 Å². The Bertz CT molecular complexity index is 733. The monoisotopic (exact) mass is 359 g/mol. The fourth-order valence-corrected chi connectivity index (χ4v) is 2.32. The molecule has 2 N–H and O–H groups in total. The zero-order valence-corrected chi connectivity index (χ0v) is 14.5. The third-order valence-corrected chi connectivity index (χ3v) is 3.72. The maximum atomic E-state index is 12.3. The number of rotatable bonds is 11. The SMILES string of the molecule is C#CCCC1(CCNC(=O)c2ccc(OCC(=O)O)c(OCC)c2)N=N1. The Morgan fingerprint density at radius 3 is 2.65 bits per heavy atom. The highest BCUT2D eigenvalue weighted by molar-refractivity contribution is 5.94. The number of amides is 1. The fraction of sp³-hybridized carbons (Fsp3) is 0.444. The number of nitrogens with one attached hydrogen (secondary N) is 1. The van der Waals surface area contributed by atoms with Crippen molar-refractivity contribution in [1.82, 2.24) is 5.32 Å². The largest absolute Gasteiger partial charge is 0.490 e. The molecule has 1 aliphatic heterocycles. The van der Waals surface area contributed by atoms with Crippen LogP contribution in [-0.4, -0.2) is 42.4 Å². The lowest BCUT2D eigenvalue weighted by Gasteiger charge is -2.13. The van der Waals surface area contributed by atoms with E-state index < -0.39 is 18.2 Å². The van der Waals surface area contributed by atoms with E-state index in [-0.39, 0.29) is 11.7 Å². The molecule has 0 aromatic heterocycles. The normalized spacial score (nSPS) is 13.5. The predicted molar refractivity (Wildman–Crippen MR) is 93.3 cm³/mol. The van der Waals surface area contributed by atoms with E-state index >= 15 is 0 Å². The van der Waals surface area contributed by atoms with Gasteiger partial charge in [0.15, 0.2) is 23.8 Å². The molecule has 1 aromatic carbocycles. The van der Waals surface area contributed by atoms with Crippen molar-refractivity contribution in [2.45, 2.75) is 31.8 Å². The van der Waals surface area contributed by atoms with Gasteiger partial charge in [-0.3, -0.25) is 4.79 Å². The van der Waals surface area contributed by atoms with Gasteiger partial charge in [0, 0.05) is 31.4 Å². The van der Waals surface area contributed by atoms with Crippen molar-refractivity contribution >= 4 is 11.9 Å². The molecule has 0 fully saturated rings. The summed E-state index contributed by atoms with van der Waals surface area (Å²) in [5.41, 5.74) is -0.0523. The number of nitrogens with zero attached hydrogens (tertiary/aromatic N) is 2. The number of ether oxygens (including phenoxy) is 2. The van der Waals surface area contributed by atoms with Crippen LogP contribution in [0.5, 0.6) is 11.5 Å². The minimum Gasteiger partial charge on any atom is -0.490 e. The van der Waals surface area contributed by atoms with E-state index in [4.69, 9.17) is 21.0 Å². The molecule has 2 rings (SSSR count). The van der Waals surface area contributed by atoms with Gasteiger partial charge in [-0.15, -0.1) is 12.3 Å². The number of aliphatic carboxylic acids is 1. The summed E-state index contributed by atoms with van der Waals surface area (Å²) in [5, 5.41) is 19.6. The van der Waals surface area contributed by atoms with E-state index in [0.29, 0.717) is 43.7 Å². The molecule has 138 valence electrons. The minimum atomic E-state index is -1.09. The first kappa shape index (κ1) is 19.2. The van der Waals surface area contributed by atoms with Crippen LogP contribution in [0, 0.1) is 12.3 Å². The summed E-state index contributed by atoms with van der Waals surface area (Å²) in [6, 6.07) is 4.59. The molecule has 1 aliphatic rings. The van der Waals surface area contributed by atoms with E-state index in [2.05, 4.69) is 21.5 Å². The van der Waals surface area contributed by atoms with Gasteiger partial charge < -0.3 is 19.9 Å². The van der Waals surface area contributed by atoms with Crippen LogP contribution in [-0.2, 0) is 4.79 Å². The van der Waals surface area contributed by atoms with E-state index in [1.807, 2.05) is 0 Å². The second kappa shape index (κ2) is 8.85. The van der Waals surface area contributed by atoms with Crippen molar-refractivity contribution in [3.8, 4) is 23.8 Å². The third-order valence-electron chi connectivity index (χ3n) is 3.72. The topological polar surface area (TPSA) is 110 Å². The summed E-state index contributed by atoms with van der Waals surface area (Å²) >= 11 is 0. The van der Waals surface area contributed by atoms with Gasteiger partial charge in [-0.05, 0) is 25.1 Å². The van der Waals surface area contributed by atoms with Crippen LogP contribution in [0.4, 0.5) is 0 Å². The van der Waals surface area contributed by atoms with Crippen molar-refractivity contribution in [3.63, 3.8) is 0 Å². The lowest BCUT2D eigenvalue weighted by molar-refractivity contribution is -0.139. The van der Waals surface area contributed by atoms with Crippen molar-refractivity contribution in [1.29, 1.82) is 0 Å². The Kier molecular flexibility index (Phi) is 6.55. The highest BCUT2D eigenvalue weighted by Crippen LogP contribution is 2.36. The number of carbonyl (C=O) groups is 2. The van der Waals surface area contributed by atoms with Crippen LogP contribution >= 0.6 is 0 Å². The van der Waals surface area contributed by atoms with Crippen LogP contribution in [0.15, 0.2) is 28.4 Å². The second-order valence-electron chi connectivity index (χ2n) is 5.67. The van der Waals surface area contributed by atoms with Gasteiger partial charge >= 0.3 is 5.97 Å². The first-order valence-electron chi connectivity index (χ1n) is 8.27. The average molecular weight is 359 g/mol. The average Bonchev–Trinajstić information content (AvgIpc) is 3.39. The highest BCUT2D eigenvalue weighted by atomic mass is 16.5. The smallest absolute Gasteiger partial charge is 0.341 e. The van der Waals surface area contributed by atoms with Crippen LogP contribution in [0.25, 0.3) is 0 Å². The molecule has 0 radical (unpaired) electrons. The van der Waals surface area contributed by atoms with Crippen LogP contribution < -0.4 is 14.8 Å². The standard InChI is InChI=1S/C18H21N3O5/c1-3-5-8-18(20-21-18)9-10-19-17(24)13-6-7-14(26-12-16(22)23)15(11-13)25-4-2/h1,6-7,11H,4-5,8-10,12H2,2H3,(H,19,24)(H,22,23). The Balaban J connectivity index is 1.92. The maximum Gasteiger partial charge on any atom is 0.341 e. The van der Waals surface area contributed by atoms with Crippen LogP contribution in [0.1, 0.15) is 36.5 Å². The zero-order chi connectivity index (χ0) is 19.0. The summed E-state index contributed by atoms with van der Waals surface area (Å²) in [5.74, 6) is 1.78. The van der Waals surface area contributed by atoms with Crippen molar-refractivity contribution in [2.75, 3.05) is 19.8 Å². The summed E-state index contributed by atoms with van der Waals surface area (Å²) in [4.78, 5) is 22.9. The second-order valence-corrected chi connectivity index (χ2v) is 5.67. The molecule has 26 heavy (non-hydrogen) atoms. The molecule has 8 heteroatoms. The first-order valence-corrected chi connectivity index (χ1v) is 8.27. The van der Waals surface area contributed by atoms with E-state index in [1.165, 1.54) is 12.1 Å². The van der Waals surface area contributed by atoms with Crippen molar-refractivity contribution < 1.29 is 24.2 Å². The van der Waals surface area contributed by atoms with Gasteiger partial charge in [0.05, 0.1) is 6.61 Å². The van der Waals surface area contributed by atoms with Gasteiger partial charge in [-0.1, -0.05) is 0 Å². The molecule has 8 nitrogen and oxygen atoms in total. The number of carboxylic acids is 1. The third kappa shape index (κ3) is 5.48. The highest BCUT2D eigenvalue weighted by Gasteiger charge is 2.38. The summed E-state index contributed by atoms with van der Waals surface area (Å²) < 4.78 is 10.6. The number of hydrogen-bond acceptors (Lipinski definition) is 6. The Morgan fingerprint density at radius 2 is 2.04 bits per heavy atom. The number of hydrogen-bond donors (Lipinski definition) is 2. The molecule has 1 heterocycles. The maximum absolute atomic E-state index is 12.3. The van der Waals surface area contributed by atoms with Crippen molar-refractivity contribution in [2.24, 2.45) is 10.2 Å². The molecule has 0 bridgehead atoms. The Hall–Kier alpha value is -3.08. The summed E-state index contributed by atoms with van der Waals surface area (Å²) in [6.07, 6.45) is 7.12. The van der Waals surface area contributed by atoms with Gasteiger partial charge in [0.1, 0.15) is 0 Å². The van der Waals surface area contributed by atoms with Crippen molar-refractivity contribution in [3.05, 3.63) is 23.8 Å². The van der Waals surface area contributed by atoms with Gasteiger partial charge in [-0.2, -0.15) is 10.2 Å². The number of carbonyl (C=O) groups excluding carboxylic acids is 1. The zero-order valence-electron chi connectivity index (χ0n) is 14.5. The summed E-state index contributed by atoms with van der Waals surface area (Å²) in [6.45, 7) is 2.07. The van der Waals surface area contributed by atoms with E-state index in [9.17, 15) is 9.59 Å². The lowest BCUT2D eigenvalue weighted by atomic mass is 10.0. The molecule has 1 aromatic rings. The summed E-state index contributed by atoms with van der Waals surface area (Å²) in [7, 11) is 0. The van der Waals surface area contributed by atoms with Gasteiger partial charge in [0.2, 0.25) is 0 Å². The van der Waals surface area contributed by atoms with E-state index in [1.54, 1.807) is 13.0 Å². The molecule has 0 spiro atoms. The number of carboxylic acid groups (broad SMARTS) is 1. The molecular weight excluding hydrogens is 338 g/mol. The molecule has 0 saturated carbocycles. The van der Waals surface area contributed by atoms with Gasteiger partial charge in [0.25, 0.3) is 5.91 Å². The molecule has 1 amide bonds. The molecular formula is C18H21N3O5.